The van der Waals surface area contributed by atoms with Gasteiger partial charge in [0.15, 0.2) is 11.0 Å². The van der Waals surface area contributed by atoms with Gasteiger partial charge in [-0.1, -0.05) is 143 Å². The van der Waals surface area contributed by atoms with E-state index >= 15 is 0 Å². The van der Waals surface area contributed by atoms with Gasteiger partial charge in [-0.3, -0.25) is 23.5 Å². The van der Waals surface area contributed by atoms with Crippen LogP contribution in [0.25, 0.3) is 0 Å². The van der Waals surface area contributed by atoms with E-state index in [0.29, 0.717) is 12.8 Å². The maximum atomic E-state index is 12.0. The van der Waals surface area contributed by atoms with E-state index in [-0.39, 0.29) is 78.9 Å². The molecule has 1 unspecified atom stereocenters. The van der Waals surface area contributed by atoms with Crippen molar-refractivity contribution < 1.29 is 54.5 Å². The molecule has 0 fully saturated rings. The average molecular weight is 777 g/mol. The van der Waals surface area contributed by atoms with Crippen LogP contribution < -0.4 is 0 Å². The molecule has 0 heterocycles. The largest absolute Gasteiger partial charge is 0.466 e. The van der Waals surface area contributed by atoms with Crippen LogP contribution in [-0.4, -0.2) is 134 Å². The van der Waals surface area contributed by atoms with Gasteiger partial charge in [-0.25, -0.2) is 0 Å². The Hall–Kier alpha value is 0.230. The molecule has 0 amide bonds. The quantitative estimate of drug-likeness (QED) is 0.0241. The van der Waals surface area contributed by atoms with E-state index in [0.717, 1.165) is 77.0 Å². The Labute approximate surface area is 348 Å². The van der Waals surface area contributed by atoms with Crippen molar-refractivity contribution >= 4 is 97.3 Å². The maximum Gasteiger partial charge on any atom is 0.327 e. The van der Waals surface area contributed by atoms with Crippen LogP contribution in [0.1, 0.15) is 168 Å². The Morgan fingerprint density at radius 1 is 0.480 bits per heavy atom. The van der Waals surface area contributed by atoms with Crippen molar-refractivity contribution in [3.8, 4) is 0 Å². The van der Waals surface area contributed by atoms with Crippen molar-refractivity contribution in [1.29, 1.82) is 0 Å². The van der Waals surface area contributed by atoms with Crippen molar-refractivity contribution in [3.05, 3.63) is 0 Å². The average Bonchev–Trinajstić information content (AvgIpc) is 3.00. The molecule has 0 aromatic carbocycles. The first-order valence-electron chi connectivity index (χ1n) is 18.2. The topological polar surface area (TPSA) is 188 Å². The number of carbonyl (C=O) groups excluding carboxylic acids is 3. The van der Waals surface area contributed by atoms with Gasteiger partial charge in [0.05, 0.1) is 26.2 Å². The third-order valence-electron chi connectivity index (χ3n) is 7.54. The Morgan fingerprint density at radius 3 is 1.10 bits per heavy atom. The zero-order chi connectivity index (χ0) is 36.5. The second kappa shape index (κ2) is 38.9. The Kier molecular flexibility index (Phi) is 44.4. The molecule has 0 aromatic heterocycles. The van der Waals surface area contributed by atoms with Crippen LogP contribution in [0.4, 0.5) is 0 Å². The molecule has 0 aliphatic carbocycles. The summed E-state index contributed by atoms with van der Waals surface area (Å²) in [5, 5.41) is -1.93. The molecule has 0 aliphatic heterocycles. The van der Waals surface area contributed by atoms with Crippen molar-refractivity contribution in [3.63, 3.8) is 0 Å². The van der Waals surface area contributed by atoms with Gasteiger partial charge in [0, 0.05) is 59.1 Å². The fourth-order valence-corrected chi connectivity index (χ4v) is 5.74. The number of carbonyl (C=O) groups is 3. The van der Waals surface area contributed by atoms with Crippen molar-refractivity contribution in [2.45, 2.75) is 174 Å². The van der Waals surface area contributed by atoms with E-state index in [4.69, 9.17) is 18.8 Å². The number of esters is 3. The summed E-state index contributed by atoms with van der Waals surface area (Å²) in [6, 6.07) is 0. The molecule has 0 rings (SSSR count). The molecule has 16 heteroatoms. The number of ether oxygens (including phenoxy) is 3. The summed E-state index contributed by atoms with van der Waals surface area (Å²) in [5.41, 5.74) is 0. The van der Waals surface area contributed by atoms with Crippen LogP contribution in [0.2, 0.25) is 0 Å². The van der Waals surface area contributed by atoms with Crippen molar-refractivity contribution in [1.82, 2.24) is 0 Å². The van der Waals surface area contributed by atoms with E-state index in [1.807, 2.05) is 0 Å². The van der Waals surface area contributed by atoms with Gasteiger partial charge in [-0.05, 0) is 19.3 Å². The van der Waals surface area contributed by atoms with Gasteiger partial charge in [-0.2, -0.15) is 16.8 Å². The summed E-state index contributed by atoms with van der Waals surface area (Å²) in [4.78, 5) is 34.7. The van der Waals surface area contributed by atoms with Gasteiger partial charge in [0.2, 0.25) is 0 Å². The molecular weight excluding hydrogens is 710 g/mol. The molecule has 0 aromatic rings. The molecule has 50 heavy (non-hydrogen) atoms. The summed E-state index contributed by atoms with van der Waals surface area (Å²) >= 11 is 0. The fourth-order valence-electron chi connectivity index (χ4n) is 4.70. The Bertz CT molecular complexity index is 1030. The molecule has 288 valence electrons. The first-order valence-corrected chi connectivity index (χ1v) is 21.3. The van der Waals surface area contributed by atoms with E-state index in [1.54, 1.807) is 0 Å². The number of rotatable bonds is 31. The van der Waals surface area contributed by atoms with Gasteiger partial charge >= 0.3 is 17.9 Å². The molecule has 2 N–H and O–H groups in total. The molecule has 1 atom stereocenters. The normalized spacial score (nSPS) is 11.6. The SMILES string of the molecule is CCCCCCCCCCCCOC(=O)CS(=O)(=O)O.CCCCCCCCOC(=O)CC(C(=O)OCCCCCCCC)S(=O)(=O)O.[Na].[Na]. The fraction of sp³-hybridized carbons (Fsp3) is 0.912. The van der Waals surface area contributed by atoms with Crippen LogP contribution in [0.5, 0.6) is 0 Å². The predicted octanol–water partition coefficient (Wildman–Crippen LogP) is 7.02. The van der Waals surface area contributed by atoms with Gasteiger partial charge in [0.1, 0.15) is 0 Å². The van der Waals surface area contributed by atoms with Crippen molar-refractivity contribution in [2.75, 3.05) is 25.6 Å². The monoisotopic (exact) mass is 776 g/mol. The minimum atomic E-state index is -4.73. The third kappa shape index (κ3) is 42.6. The summed E-state index contributed by atoms with van der Waals surface area (Å²) in [7, 11) is -9.00. The van der Waals surface area contributed by atoms with Crippen molar-refractivity contribution in [2.24, 2.45) is 0 Å². The van der Waals surface area contributed by atoms with Gasteiger partial charge in [0.25, 0.3) is 20.2 Å². The van der Waals surface area contributed by atoms with Gasteiger partial charge in [-0.15, -0.1) is 0 Å². The summed E-state index contributed by atoms with van der Waals surface area (Å²) in [5.74, 6) is -3.77. The first kappa shape index (κ1) is 57.0. The van der Waals surface area contributed by atoms with Gasteiger partial charge < -0.3 is 14.2 Å². The summed E-state index contributed by atoms with van der Waals surface area (Å²) < 4.78 is 76.0. The predicted molar refractivity (Wildman–Crippen MR) is 199 cm³/mol. The van der Waals surface area contributed by atoms with Crippen LogP contribution in [0, 0.1) is 0 Å². The standard InChI is InChI=1S/C20H38O7S.C14H28O5S.2Na/c1-3-5-7-9-11-13-15-26-19(21)17-18(28(23,24)25)20(22)27-16-14-12-10-8-6-4-2;1-2-3-4-5-6-7-8-9-10-11-12-19-14(15)13-20(16,17)18;;/h18H,3-17H2,1-2H3,(H,23,24,25);2-13H2,1H3,(H,16,17,18);;. The molecule has 0 bridgehead atoms. The van der Waals surface area contributed by atoms with E-state index in [2.05, 4.69) is 20.8 Å². The summed E-state index contributed by atoms with van der Waals surface area (Å²) in [6.07, 6.45) is 23.2. The van der Waals surface area contributed by atoms with Crippen LogP contribution in [0.15, 0.2) is 0 Å². The molecular formula is C34H66Na2O12S2. The second-order valence-electron chi connectivity index (χ2n) is 12.3. The molecule has 12 nitrogen and oxygen atoms in total. The third-order valence-corrected chi connectivity index (χ3v) is 9.22. The Balaban J connectivity index is -0.000000428. The molecule has 2 radical (unpaired) electrons. The molecule has 0 saturated carbocycles. The number of unbranched alkanes of at least 4 members (excludes halogenated alkanes) is 19. The zero-order valence-electron chi connectivity index (χ0n) is 32.0. The van der Waals surface area contributed by atoms with E-state index in [9.17, 15) is 35.8 Å². The van der Waals surface area contributed by atoms with E-state index in [1.165, 1.54) is 51.4 Å². The van der Waals surface area contributed by atoms with Crippen LogP contribution in [-0.2, 0) is 48.8 Å². The number of hydrogen-bond donors (Lipinski definition) is 2. The smallest absolute Gasteiger partial charge is 0.327 e. The second-order valence-corrected chi connectivity index (χ2v) is 15.3. The first-order chi connectivity index (χ1) is 22.8. The van der Waals surface area contributed by atoms with Crippen LogP contribution in [0.3, 0.4) is 0 Å². The van der Waals surface area contributed by atoms with Crippen LogP contribution >= 0.6 is 0 Å². The minimum Gasteiger partial charge on any atom is -0.466 e. The summed E-state index contributed by atoms with van der Waals surface area (Å²) in [6.45, 7) is 6.94. The molecule has 0 spiro atoms. The molecule has 0 aliphatic rings. The Morgan fingerprint density at radius 2 is 0.780 bits per heavy atom. The number of hydrogen-bond acceptors (Lipinski definition) is 10. The zero-order valence-corrected chi connectivity index (χ0v) is 37.6. The molecule has 0 saturated heterocycles. The van der Waals surface area contributed by atoms with E-state index < -0.39 is 55.6 Å². The minimum absolute atomic E-state index is 0. The maximum absolute atomic E-state index is 12.0.